The SMILES string of the molecule is CC(C)(CN1CCC(c2cc3c(Nc4cc5ncsc5cc4F)ccnc3s2)C1)O[C@H]1CCCCO1. The lowest BCUT2D eigenvalue weighted by atomic mass is 10.1. The van der Waals surface area contributed by atoms with Crippen LogP contribution in [0.25, 0.3) is 20.4 Å². The van der Waals surface area contributed by atoms with Crippen LogP contribution in [0.5, 0.6) is 0 Å². The van der Waals surface area contributed by atoms with Crippen LogP contribution in [0.1, 0.15) is 50.3 Å². The molecule has 4 aromatic rings. The predicted molar refractivity (Wildman–Crippen MR) is 145 cm³/mol. The van der Waals surface area contributed by atoms with Gasteiger partial charge in [0.25, 0.3) is 0 Å². The number of aromatic nitrogens is 2. The largest absolute Gasteiger partial charge is 0.353 e. The molecule has 6 rings (SSSR count). The number of halogens is 1. The van der Waals surface area contributed by atoms with Crippen molar-refractivity contribution in [2.75, 3.05) is 31.6 Å². The van der Waals surface area contributed by atoms with Crippen LogP contribution in [0.3, 0.4) is 0 Å². The first-order chi connectivity index (χ1) is 17.4. The molecule has 2 atom stereocenters. The van der Waals surface area contributed by atoms with E-state index in [1.165, 1.54) is 22.6 Å². The summed E-state index contributed by atoms with van der Waals surface area (Å²) < 4.78 is 27.7. The van der Waals surface area contributed by atoms with Crippen LogP contribution in [0.15, 0.2) is 36.0 Å². The van der Waals surface area contributed by atoms with Gasteiger partial charge in [0.2, 0.25) is 0 Å². The van der Waals surface area contributed by atoms with Crippen molar-refractivity contribution in [2.24, 2.45) is 0 Å². The summed E-state index contributed by atoms with van der Waals surface area (Å²) >= 11 is 3.19. The van der Waals surface area contributed by atoms with E-state index in [9.17, 15) is 4.39 Å². The molecule has 6 nitrogen and oxygen atoms in total. The summed E-state index contributed by atoms with van der Waals surface area (Å²) in [6.45, 7) is 8.08. The van der Waals surface area contributed by atoms with Crippen LogP contribution in [0, 0.1) is 5.82 Å². The lowest BCUT2D eigenvalue weighted by Gasteiger charge is -2.35. The molecule has 2 fully saturated rings. The van der Waals surface area contributed by atoms with Crippen LogP contribution in [-0.2, 0) is 9.47 Å². The third-order valence-electron chi connectivity index (χ3n) is 7.01. The van der Waals surface area contributed by atoms with E-state index in [0.717, 1.165) is 71.6 Å². The fourth-order valence-electron chi connectivity index (χ4n) is 5.33. The molecular formula is C27H31FN4O2S2. The van der Waals surface area contributed by atoms with E-state index >= 15 is 0 Å². The van der Waals surface area contributed by atoms with Crippen molar-refractivity contribution in [3.63, 3.8) is 0 Å². The van der Waals surface area contributed by atoms with Gasteiger partial charge in [-0.05, 0) is 70.3 Å². The van der Waals surface area contributed by atoms with Crippen molar-refractivity contribution in [3.8, 4) is 0 Å². The number of hydrogen-bond acceptors (Lipinski definition) is 8. The maximum absolute atomic E-state index is 14.7. The number of pyridine rings is 1. The molecule has 2 saturated heterocycles. The minimum atomic E-state index is -0.276. The van der Waals surface area contributed by atoms with Crippen LogP contribution >= 0.6 is 22.7 Å². The second kappa shape index (κ2) is 9.95. The maximum atomic E-state index is 14.7. The molecule has 1 unspecified atom stereocenters. The molecule has 0 amide bonds. The van der Waals surface area contributed by atoms with E-state index in [4.69, 9.17) is 9.47 Å². The second-order valence-corrected chi connectivity index (χ2v) is 12.3. The lowest BCUT2D eigenvalue weighted by molar-refractivity contribution is -0.218. The number of ether oxygens (including phenoxy) is 2. The molecule has 2 aliphatic heterocycles. The Morgan fingerprint density at radius 2 is 2.11 bits per heavy atom. The van der Waals surface area contributed by atoms with E-state index in [0.29, 0.717) is 11.6 Å². The first-order valence-corrected chi connectivity index (χ1v) is 14.3. The summed E-state index contributed by atoms with van der Waals surface area (Å²) in [7, 11) is 0. The Balaban J connectivity index is 1.16. The van der Waals surface area contributed by atoms with Crippen LogP contribution in [0.4, 0.5) is 15.8 Å². The predicted octanol–water partition coefficient (Wildman–Crippen LogP) is 6.90. The van der Waals surface area contributed by atoms with Gasteiger partial charge in [-0.25, -0.2) is 14.4 Å². The highest BCUT2D eigenvalue weighted by atomic mass is 32.1. The molecule has 5 heterocycles. The second-order valence-electron chi connectivity index (χ2n) is 10.4. The fourth-order valence-corrected chi connectivity index (χ4v) is 7.17. The summed E-state index contributed by atoms with van der Waals surface area (Å²) in [6.07, 6.45) is 6.12. The Hall–Kier alpha value is -2.17. The fraction of sp³-hybridized carbons (Fsp3) is 0.481. The minimum absolute atomic E-state index is 0.0761. The van der Waals surface area contributed by atoms with Crippen molar-refractivity contribution in [2.45, 2.75) is 57.3 Å². The first kappa shape index (κ1) is 24.2. The van der Waals surface area contributed by atoms with Crippen LogP contribution < -0.4 is 5.32 Å². The summed E-state index contributed by atoms with van der Waals surface area (Å²) in [5.41, 5.74) is 3.59. The summed E-state index contributed by atoms with van der Waals surface area (Å²) in [5.74, 6) is 0.184. The third-order valence-corrected chi connectivity index (χ3v) is 9.01. The Morgan fingerprint density at radius 1 is 1.19 bits per heavy atom. The quantitative estimate of drug-likeness (QED) is 0.283. The van der Waals surface area contributed by atoms with Gasteiger partial charge >= 0.3 is 0 Å². The summed E-state index contributed by atoms with van der Waals surface area (Å²) in [5, 5.41) is 4.33. The highest BCUT2D eigenvalue weighted by Crippen LogP contribution is 2.39. The number of hydrogen-bond donors (Lipinski definition) is 1. The van der Waals surface area contributed by atoms with Gasteiger partial charge in [-0.15, -0.1) is 22.7 Å². The van der Waals surface area contributed by atoms with E-state index in [1.54, 1.807) is 35.2 Å². The monoisotopic (exact) mass is 526 g/mol. The smallest absolute Gasteiger partial charge is 0.158 e. The number of anilines is 2. The minimum Gasteiger partial charge on any atom is -0.353 e. The Kier molecular flexibility index (Phi) is 6.68. The van der Waals surface area contributed by atoms with Gasteiger partial charge in [0.05, 0.1) is 32.7 Å². The average molecular weight is 527 g/mol. The number of rotatable bonds is 7. The van der Waals surface area contributed by atoms with Gasteiger partial charge in [0.1, 0.15) is 10.6 Å². The van der Waals surface area contributed by atoms with E-state index in [-0.39, 0.29) is 17.7 Å². The van der Waals surface area contributed by atoms with Crippen molar-refractivity contribution in [1.29, 1.82) is 0 Å². The molecule has 3 aromatic heterocycles. The van der Waals surface area contributed by atoms with E-state index in [2.05, 4.69) is 40.1 Å². The number of thiophene rings is 1. The number of nitrogens with zero attached hydrogens (tertiary/aromatic N) is 3. The number of likely N-dealkylation sites (tertiary alicyclic amines) is 1. The Bertz CT molecular complexity index is 1360. The van der Waals surface area contributed by atoms with Crippen molar-refractivity contribution >= 4 is 54.5 Å². The average Bonchev–Trinajstić information content (AvgIpc) is 3.59. The van der Waals surface area contributed by atoms with Crippen LogP contribution in [0.2, 0.25) is 0 Å². The lowest BCUT2D eigenvalue weighted by Crippen LogP contribution is -2.43. The third kappa shape index (κ3) is 5.13. The maximum Gasteiger partial charge on any atom is 0.158 e. The molecule has 0 saturated carbocycles. The number of thiazole rings is 1. The zero-order valence-corrected chi connectivity index (χ0v) is 22.3. The molecule has 0 bridgehead atoms. The Labute approximate surface area is 218 Å². The summed E-state index contributed by atoms with van der Waals surface area (Å²) in [6, 6.07) is 7.47. The molecule has 0 aliphatic carbocycles. The number of nitrogens with one attached hydrogen (secondary N) is 1. The van der Waals surface area contributed by atoms with E-state index < -0.39 is 0 Å². The van der Waals surface area contributed by atoms with Crippen molar-refractivity contribution in [1.82, 2.24) is 14.9 Å². The molecule has 1 aromatic carbocycles. The zero-order chi connectivity index (χ0) is 24.7. The van der Waals surface area contributed by atoms with Gasteiger partial charge < -0.3 is 14.8 Å². The number of benzene rings is 1. The standard InChI is InChI=1S/C27H31FN4O2S2/c1-27(2,34-25-5-3-4-10-33-25)15-32-9-7-17(14-32)23-11-18-20(6-8-29-26(18)36-23)31-21-13-22-24(12-19(21)28)35-16-30-22/h6,8,11-13,16-17,25H,3-5,7,9-10,14-15H2,1-2H3,(H,29,31)/t17?,25-/m0/s1. The molecular weight excluding hydrogens is 495 g/mol. The van der Waals surface area contributed by atoms with Gasteiger partial charge in [0, 0.05) is 42.1 Å². The van der Waals surface area contributed by atoms with Gasteiger partial charge in [0.15, 0.2) is 6.29 Å². The molecule has 1 N–H and O–H groups in total. The molecule has 2 aliphatic rings. The highest BCUT2D eigenvalue weighted by Gasteiger charge is 2.32. The zero-order valence-electron chi connectivity index (χ0n) is 20.6. The summed E-state index contributed by atoms with van der Waals surface area (Å²) in [4.78, 5) is 13.7. The normalized spacial score (nSPS) is 21.5. The molecule has 0 radical (unpaired) electrons. The topological polar surface area (TPSA) is 59.5 Å². The van der Waals surface area contributed by atoms with E-state index in [1.807, 2.05) is 6.07 Å². The molecule has 190 valence electrons. The molecule has 0 spiro atoms. The van der Waals surface area contributed by atoms with Crippen molar-refractivity contribution < 1.29 is 13.9 Å². The molecule has 36 heavy (non-hydrogen) atoms. The van der Waals surface area contributed by atoms with Crippen LogP contribution in [-0.4, -0.2) is 53.0 Å². The highest BCUT2D eigenvalue weighted by molar-refractivity contribution is 7.18. The Morgan fingerprint density at radius 3 is 2.97 bits per heavy atom. The molecule has 9 heteroatoms. The van der Waals surface area contributed by atoms with Gasteiger partial charge in [-0.1, -0.05) is 0 Å². The van der Waals surface area contributed by atoms with Crippen molar-refractivity contribution in [3.05, 3.63) is 46.7 Å². The number of fused-ring (bicyclic) bond motifs is 2. The van der Waals surface area contributed by atoms with Gasteiger partial charge in [-0.3, -0.25) is 4.90 Å². The first-order valence-electron chi connectivity index (χ1n) is 12.6. The van der Waals surface area contributed by atoms with Gasteiger partial charge in [-0.2, -0.15) is 0 Å².